The Morgan fingerprint density at radius 1 is 0.455 bits per heavy atom. The third-order valence-electron chi connectivity index (χ3n) is 5.23. The number of pyridine rings is 3. The minimum absolute atomic E-state index is 1.07. The van der Waals surface area contributed by atoms with Gasteiger partial charge in [0.05, 0.1) is 11.0 Å². The summed E-state index contributed by atoms with van der Waals surface area (Å²) in [6, 6.07) is 32.9. The number of hydrogen-bond donors (Lipinski definition) is 0. The van der Waals surface area contributed by atoms with Gasteiger partial charge in [0.2, 0.25) is 0 Å². The van der Waals surface area contributed by atoms with E-state index in [1.807, 2.05) is 80.8 Å². The topological polar surface area (TPSA) is 38.7 Å². The van der Waals surface area contributed by atoms with E-state index in [1.54, 1.807) is 0 Å². The molecule has 162 valence electrons. The molecule has 6 rings (SSSR count). The van der Waals surface area contributed by atoms with E-state index in [1.165, 1.54) is 27.1 Å². The molecule has 0 aliphatic heterocycles. The number of rotatable bonds is 0. The van der Waals surface area contributed by atoms with Gasteiger partial charge in [-0.25, -0.2) is 0 Å². The Morgan fingerprint density at radius 3 is 1.88 bits per heavy atom. The van der Waals surface area contributed by atoms with Crippen LogP contribution in [-0.4, -0.2) is 15.0 Å². The lowest BCUT2D eigenvalue weighted by Crippen LogP contribution is -1.80. The van der Waals surface area contributed by atoms with Crippen LogP contribution in [0.15, 0.2) is 109 Å². The van der Waals surface area contributed by atoms with Gasteiger partial charge in [-0.2, -0.15) is 0 Å². The first-order valence-electron chi connectivity index (χ1n) is 11.0. The van der Waals surface area contributed by atoms with Crippen molar-refractivity contribution in [2.75, 3.05) is 0 Å². The monoisotopic (exact) mass is 429 g/mol. The Bertz CT molecular complexity index is 1320. The molecule has 0 saturated carbocycles. The molecule has 0 aliphatic carbocycles. The molecule has 3 nitrogen and oxygen atoms in total. The van der Waals surface area contributed by atoms with Crippen LogP contribution in [0.4, 0.5) is 0 Å². The van der Waals surface area contributed by atoms with Crippen molar-refractivity contribution in [3.05, 3.63) is 126 Å². The van der Waals surface area contributed by atoms with E-state index >= 15 is 0 Å². The van der Waals surface area contributed by atoms with Gasteiger partial charge in [-0.3, -0.25) is 15.0 Å². The lowest BCUT2D eigenvalue weighted by molar-refractivity contribution is 1.22. The Kier molecular flexibility index (Phi) is 7.01. The summed E-state index contributed by atoms with van der Waals surface area (Å²) in [6.07, 6.45) is 3.80. The zero-order chi connectivity index (χ0) is 23.0. The van der Waals surface area contributed by atoms with E-state index in [9.17, 15) is 0 Å². The van der Waals surface area contributed by atoms with E-state index in [-0.39, 0.29) is 0 Å². The van der Waals surface area contributed by atoms with E-state index in [4.69, 9.17) is 0 Å². The molecule has 6 aromatic rings. The molecule has 0 unspecified atom stereocenters. The second-order valence-electron chi connectivity index (χ2n) is 8.02. The lowest BCUT2D eigenvalue weighted by atomic mass is 10.1. The van der Waals surface area contributed by atoms with Crippen molar-refractivity contribution < 1.29 is 0 Å². The fourth-order valence-corrected chi connectivity index (χ4v) is 3.54. The predicted octanol–water partition coefficient (Wildman–Crippen LogP) is 7.63. The Morgan fingerprint density at radius 2 is 1.09 bits per heavy atom. The third-order valence-corrected chi connectivity index (χ3v) is 5.23. The molecule has 0 bridgehead atoms. The summed E-state index contributed by atoms with van der Waals surface area (Å²) in [4.78, 5) is 12.9. The van der Waals surface area contributed by atoms with Crippen LogP contribution >= 0.6 is 0 Å². The molecule has 0 saturated heterocycles. The first-order chi connectivity index (χ1) is 16.1. The Balaban J connectivity index is 0.000000118. The molecule has 0 N–H and O–H groups in total. The minimum Gasteiger partial charge on any atom is -0.261 e. The van der Waals surface area contributed by atoms with Crippen LogP contribution in [0, 0.1) is 20.8 Å². The molecule has 0 spiro atoms. The number of nitrogens with zero attached hydrogens (tertiary/aromatic N) is 3. The summed E-state index contributed by atoms with van der Waals surface area (Å²) in [5.41, 5.74) is 5.50. The van der Waals surface area contributed by atoms with Gasteiger partial charge in [0.15, 0.2) is 0 Å². The molecule has 3 aromatic carbocycles. The maximum Gasteiger partial charge on any atom is 0.0705 e. The van der Waals surface area contributed by atoms with Crippen LogP contribution < -0.4 is 0 Å². The first kappa shape index (κ1) is 22.1. The van der Waals surface area contributed by atoms with E-state index in [0.29, 0.717) is 0 Å². The fourth-order valence-electron chi connectivity index (χ4n) is 3.54. The highest BCUT2D eigenvalue weighted by atomic mass is 14.7. The smallest absolute Gasteiger partial charge is 0.0705 e. The summed E-state index contributed by atoms with van der Waals surface area (Å²) in [5, 5.41) is 4.89. The summed E-state index contributed by atoms with van der Waals surface area (Å²) in [7, 11) is 0. The average molecular weight is 430 g/mol. The van der Waals surface area contributed by atoms with Crippen LogP contribution in [0.2, 0.25) is 0 Å². The standard InChI is InChI=1S/3C10H9N/c1-8-6-9-4-2-3-5-10(9)7-11-8;1-8-6-9-4-2-3-5-10(9)11-7-8;1-8-6-7-9-4-2-3-5-10(9)11-8/h3*2-7H,1H3. The van der Waals surface area contributed by atoms with Crippen LogP contribution in [0.3, 0.4) is 0 Å². The maximum atomic E-state index is 4.38. The Hall–Kier alpha value is -4.11. The molecule has 3 aromatic heterocycles. The molecule has 0 radical (unpaired) electrons. The molecule has 0 aliphatic rings. The van der Waals surface area contributed by atoms with Gasteiger partial charge in [-0.15, -0.1) is 0 Å². The largest absolute Gasteiger partial charge is 0.261 e. The van der Waals surface area contributed by atoms with Gasteiger partial charge in [-0.05, 0) is 62.1 Å². The fraction of sp³-hybridized carbons (Fsp3) is 0.100. The SMILES string of the molecule is Cc1cc2ccccc2cn1.Cc1ccc2ccccc2n1.Cc1cnc2ccccc2c1. The van der Waals surface area contributed by atoms with Crippen LogP contribution in [0.25, 0.3) is 32.6 Å². The van der Waals surface area contributed by atoms with Crippen LogP contribution in [0.5, 0.6) is 0 Å². The predicted molar refractivity (Wildman–Crippen MR) is 139 cm³/mol. The van der Waals surface area contributed by atoms with Gasteiger partial charge in [0, 0.05) is 39.9 Å². The highest BCUT2D eigenvalue weighted by Gasteiger charge is 1.92. The van der Waals surface area contributed by atoms with Crippen molar-refractivity contribution in [3.63, 3.8) is 0 Å². The summed E-state index contributed by atoms with van der Waals surface area (Å²) >= 11 is 0. The van der Waals surface area contributed by atoms with Gasteiger partial charge in [-0.1, -0.05) is 66.7 Å². The lowest BCUT2D eigenvalue weighted by Gasteiger charge is -1.96. The van der Waals surface area contributed by atoms with Gasteiger partial charge in [0.1, 0.15) is 0 Å². The van der Waals surface area contributed by atoms with Gasteiger partial charge < -0.3 is 0 Å². The second kappa shape index (κ2) is 10.5. The molecule has 0 fully saturated rings. The molecule has 3 heteroatoms. The minimum atomic E-state index is 1.07. The second-order valence-corrected chi connectivity index (χ2v) is 8.02. The van der Waals surface area contributed by atoms with E-state index < -0.39 is 0 Å². The van der Waals surface area contributed by atoms with Crippen LogP contribution in [0.1, 0.15) is 17.0 Å². The number of benzene rings is 3. The zero-order valence-electron chi connectivity index (χ0n) is 19.2. The molecule has 0 amide bonds. The normalized spacial score (nSPS) is 10.3. The molecule has 0 atom stereocenters. The van der Waals surface area contributed by atoms with E-state index in [2.05, 4.69) is 64.3 Å². The van der Waals surface area contributed by atoms with Crippen molar-refractivity contribution in [3.8, 4) is 0 Å². The van der Waals surface area contributed by atoms with E-state index in [0.717, 1.165) is 22.4 Å². The third kappa shape index (κ3) is 5.98. The van der Waals surface area contributed by atoms with Crippen molar-refractivity contribution in [2.24, 2.45) is 0 Å². The maximum absolute atomic E-state index is 4.38. The molecule has 33 heavy (non-hydrogen) atoms. The number of aromatic nitrogens is 3. The quantitative estimate of drug-likeness (QED) is 0.249. The zero-order valence-corrected chi connectivity index (χ0v) is 19.2. The summed E-state index contributed by atoms with van der Waals surface area (Å²) < 4.78 is 0. The molecular formula is C30H27N3. The number of hydrogen-bond acceptors (Lipinski definition) is 3. The number of fused-ring (bicyclic) bond motifs is 3. The highest BCUT2D eigenvalue weighted by Crippen LogP contribution is 2.13. The average Bonchev–Trinajstić information content (AvgIpc) is 2.84. The van der Waals surface area contributed by atoms with Crippen molar-refractivity contribution in [1.82, 2.24) is 15.0 Å². The molecular weight excluding hydrogens is 402 g/mol. The number of para-hydroxylation sites is 2. The highest BCUT2D eigenvalue weighted by molar-refractivity contribution is 5.81. The van der Waals surface area contributed by atoms with Crippen molar-refractivity contribution >= 4 is 32.6 Å². The first-order valence-corrected chi connectivity index (χ1v) is 11.0. The molecule has 3 heterocycles. The summed E-state index contributed by atoms with van der Waals surface area (Å²) in [6.45, 7) is 6.07. The van der Waals surface area contributed by atoms with Gasteiger partial charge in [0.25, 0.3) is 0 Å². The summed E-state index contributed by atoms with van der Waals surface area (Å²) in [5.74, 6) is 0. The van der Waals surface area contributed by atoms with Crippen LogP contribution in [-0.2, 0) is 0 Å². The van der Waals surface area contributed by atoms with Gasteiger partial charge >= 0.3 is 0 Å². The van der Waals surface area contributed by atoms with Crippen molar-refractivity contribution in [2.45, 2.75) is 20.8 Å². The number of aryl methyl sites for hydroxylation is 3. The van der Waals surface area contributed by atoms with Crippen molar-refractivity contribution in [1.29, 1.82) is 0 Å². The Labute approximate surface area is 194 Å².